The molecule has 13 heteroatoms. The van der Waals surface area contributed by atoms with Gasteiger partial charge in [-0.05, 0) is 54.5 Å². The molecule has 0 unspecified atom stereocenters. The van der Waals surface area contributed by atoms with Crippen LogP contribution in [-0.2, 0) is 9.47 Å². The molecule has 210 valence electrons. The third-order valence-corrected chi connectivity index (χ3v) is 6.91. The molecule has 0 aliphatic carbocycles. The van der Waals surface area contributed by atoms with Crippen molar-refractivity contribution in [2.24, 2.45) is 0 Å². The van der Waals surface area contributed by atoms with Crippen molar-refractivity contribution in [2.75, 3.05) is 18.5 Å². The highest BCUT2D eigenvalue weighted by Gasteiger charge is 2.46. The maximum Gasteiger partial charge on any atom is 0.413 e. The summed E-state index contributed by atoms with van der Waals surface area (Å²) in [5.41, 5.74) is -0.518. The summed E-state index contributed by atoms with van der Waals surface area (Å²) < 4.78 is 32.2. The minimum atomic E-state index is -0.901. The first-order valence-electron chi connectivity index (χ1n) is 12.4. The zero-order valence-corrected chi connectivity index (χ0v) is 24.5. The van der Waals surface area contributed by atoms with Gasteiger partial charge in [0.2, 0.25) is 5.95 Å². The van der Waals surface area contributed by atoms with Crippen LogP contribution in [0.15, 0.2) is 24.5 Å². The second-order valence-corrected chi connectivity index (χ2v) is 12.2. The fraction of sp³-hybridized carbons (Fsp3) is 0.500. The summed E-state index contributed by atoms with van der Waals surface area (Å²) in [5, 5.41) is 12.7. The molecule has 1 saturated heterocycles. The fourth-order valence-corrected chi connectivity index (χ4v) is 5.04. The standard InChI is InChI=1S/C26H32ClFN6O4S/c1-14(2)31-23-29-10-15(11-30-23)21-32-33-22(39-21)17-8-19(28)20(9-18(17)27)36-12-16-13-37-26(6,7)34(16)24(35)38-25(3,4)5/h8-11,14,16H,12-13H2,1-7H3,(H,29,30,31)/t16-/m0/s1. The Kier molecular flexibility index (Phi) is 8.29. The van der Waals surface area contributed by atoms with E-state index in [1.807, 2.05) is 13.8 Å². The van der Waals surface area contributed by atoms with Gasteiger partial charge < -0.3 is 19.5 Å². The second-order valence-electron chi connectivity index (χ2n) is 10.8. The van der Waals surface area contributed by atoms with Gasteiger partial charge in [0.25, 0.3) is 0 Å². The molecule has 1 aliphatic rings. The Labute approximate surface area is 235 Å². The summed E-state index contributed by atoms with van der Waals surface area (Å²) in [7, 11) is 0. The number of benzene rings is 1. The normalized spacial score (nSPS) is 17.0. The smallest absolute Gasteiger partial charge is 0.413 e. The number of nitrogens with zero attached hydrogens (tertiary/aromatic N) is 5. The summed E-state index contributed by atoms with van der Waals surface area (Å²) >= 11 is 7.74. The molecule has 1 aliphatic heterocycles. The predicted octanol–water partition coefficient (Wildman–Crippen LogP) is 6.03. The van der Waals surface area contributed by atoms with E-state index in [1.54, 1.807) is 47.0 Å². The molecule has 1 aromatic carbocycles. The van der Waals surface area contributed by atoms with Gasteiger partial charge in [0, 0.05) is 35.6 Å². The van der Waals surface area contributed by atoms with Gasteiger partial charge in [-0.25, -0.2) is 19.2 Å². The minimum Gasteiger partial charge on any atom is -0.488 e. The number of aromatic nitrogens is 4. The Bertz CT molecular complexity index is 1330. The molecule has 4 rings (SSSR count). The van der Waals surface area contributed by atoms with Gasteiger partial charge in [0.05, 0.1) is 17.7 Å². The molecule has 39 heavy (non-hydrogen) atoms. The van der Waals surface area contributed by atoms with Gasteiger partial charge in [0.15, 0.2) is 16.6 Å². The quantitative estimate of drug-likeness (QED) is 0.359. The first kappa shape index (κ1) is 28.9. The van der Waals surface area contributed by atoms with Crippen molar-refractivity contribution in [1.82, 2.24) is 25.1 Å². The van der Waals surface area contributed by atoms with Crippen molar-refractivity contribution in [3.05, 3.63) is 35.4 Å². The summed E-state index contributed by atoms with van der Waals surface area (Å²) in [4.78, 5) is 22.9. The molecule has 3 heterocycles. The van der Waals surface area contributed by atoms with Crippen molar-refractivity contribution in [2.45, 2.75) is 71.9 Å². The lowest BCUT2D eigenvalue weighted by Gasteiger charge is -2.35. The van der Waals surface area contributed by atoms with E-state index in [0.29, 0.717) is 27.1 Å². The molecule has 1 amide bonds. The highest BCUT2D eigenvalue weighted by molar-refractivity contribution is 7.18. The highest BCUT2D eigenvalue weighted by Crippen LogP contribution is 2.37. The van der Waals surface area contributed by atoms with Crippen LogP contribution in [0.25, 0.3) is 21.1 Å². The van der Waals surface area contributed by atoms with E-state index in [0.717, 1.165) is 0 Å². The van der Waals surface area contributed by atoms with Crippen LogP contribution < -0.4 is 10.1 Å². The van der Waals surface area contributed by atoms with Crippen LogP contribution in [-0.4, -0.2) is 67.8 Å². The van der Waals surface area contributed by atoms with Crippen LogP contribution in [0.4, 0.5) is 15.1 Å². The molecule has 0 spiro atoms. The molecular formula is C26H32ClFN6O4S. The van der Waals surface area contributed by atoms with Gasteiger partial charge >= 0.3 is 6.09 Å². The van der Waals surface area contributed by atoms with Gasteiger partial charge in [0.1, 0.15) is 22.9 Å². The van der Waals surface area contributed by atoms with Crippen molar-refractivity contribution >= 4 is 35.0 Å². The topological polar surface area (TPSA) is 112 Å². The van der Waals surface area contributed by atoms with Crippen LogP contribution in [0, 0.1) is 5.82 Å². The van der Waals surface area contributed by atoms with Crippen LogP contribution in [0.1, 0.15) is 48.5 Å². The number of ether oxygens (including phenoxy) is 3. The average molecular weight is 579 g/mol. The Morgan fingerprint density at radius 2 is 1.92 bits per heavy atom. The van der Waals surface area contributed by atoms with E-state index in [4.69, 9.17) is 25.8 Å². The fourth-order valence-electron chi connectivity index (χ4n) is 3.90. The Balaban J connectivity index is 1.47. The number of nitrogens with one attached hydrogen (secondary N) is 1. The van der Waals surface area contributed by atoms with Crippen LogP contribution in [0.3, 0.4) is 0 Å². The number of anilines is 1. The highest BCUT2D eigenvalue weighted by atomic mass is 35.5. The number of amides is 1. The molecular weight excluding hydrogens is 547 g/mol. The first-order chi connectivity index (χ1) is 18.2. The van der Waals surface area contributed by atoms with Gasteiger partial charge in [-0.15, -0.1) is 10.2 Å². The van der Waals surface area contributed by atoms with Crippen molar-refractivity contribution in [3.63, 3.8) is 0 Å². The Morgan fingerprint density at radius 3 is 2.56 bits per heavy atom. The summed E-state index contributed by atoms with van der Waals surface area (Å²) in [6, 6.07) is 2.37. The average Bonchev–Trinajstić information content (AvgIpc) is 3.42. The van der Waals surface area contributed by atoms with Crippen molar-refractivity contribution in [3.8, 4) is 26.9 Å². The molecule has 1 atom stereocenters. The number of carbonyl (C=O) groups is 1. The van der Waals surface area contributed by atoms with Crippen LogP contribution >= 0.6 is 22.9 Å². The second kappa shape index (κ2) is 11.2. The zero-order valence-electron chi connectivity index (χ0n) is 22.9. The maximum atomic E-state index is 15.1. The van der Waals surface area contributed by atoms with Crippen LogP contribution in [0.5, 0.6) is 5.75 Å². The molecule has 0 saturated carbocycles. The largest absolute Gasteiger partial charge is 0.488 e. The summed E-state index contributed by atoms with van der Waals surface area (Å²) in [6.07, 6.45) is 2.77. The third-order valence-electron chi connectivity index (χ3n) is 5.59. The minimum absolute atomic E-state index is 0.0140. The Morgan fingerprint density at radius 1 is 1.26 bits per heavy atom. The SMILES string of the molecule is CC(C)Nc1ncc(-c2nnc(-c3cc(F)c(OC[C@H]4COC(C)(C)N4C(=O)OC(C)(C)C)cc3Cl)s2)cn1. The number of halogens is 2. The van der Waals surface area contributed by atoms with E-state index in [2.05, 4.69) is 25.5 Å². The summed E-state index contributed by atoms with van der Waals surface area (Å²) in [5.74, 6) is -0.161. The van der Waals surface area contributed by atoms with Crippen molar-refractivity contribution < 1.29 is 23.4 Å². The molecule has 1 fully saturated rings. The van der Waals surface area contributed by atoms with Gasteiger partial charge in [-0.3, -0.25) is 4.90 Å². The number of rotatable bonds is 7. The summed E-state index contributed by atoms with van der Waals surface area (Å²) in [6.45, 7) is 13.1. The van der Waals surface area contributed by atoms with Crippen LogP contribution in [0.2, 0.25) is 5.02 Å². The van der Waals surface area contributed by atoms with E-state index >= 15 is 4.39 Å². The lowest BCUT2D eigenvalue weighted by Crippen LogP contribution is -2.51. The monoisotopic (exact) mass is 578 g/mol. The number of carbonyl (C=O) groups excluding carboxylic acids is 1. The number of hydrogen-bond acceptors (Lipinski definition) is 10. The third kappa shape index (κ3) is 6.92. The molecule has 0 radical (unpaired) electrons. The van der Waals surface area contributed by atoms with Crippen molar-refractivity contribution in [1.29, 1.82) is 0 Å². The van der Waals surface area contributed by atoms with E-state index in [9.17, 15) is 4.79 Å². The maximum absolute atomic E-state index is 15.1. The van der Waals surface area contributed by atoms with Gasteiger partial charge in [-0.2, -0.15) is 0 Å². The number of hydrogen-bond donors (Lipinski definition) is 1. The lowest BCUT2D eigenvalue weighted by atomic mass is 10.2. The first-order valence-corrected chi connectivity index (χ1v) is 13.6. The Hall–Kier alpha value is -3.09. The van der Waals surface area contributed by atoms with E-state index in [-0.39, 0.29) is 30.0 Å². The lowest BCUT2D eigenvalue weighted by molar-refractivity contribution is -0.0637. The predicted molar refractivity (Wildman–Crippen MR) is 147 cm³/mol. The molecule has 1 N–H and O–H groups in total. The van der Waals surface area contributed by atoms with Gasteiger partial charge in [-0.1, -0.05) is 22.9 Å². The molecule has 0 bridgehead atoms. The molecule has 10 nitrogen and oxygen atoms in total. The molecule has 2 aromatic heterocycles. The van der Waals surface area contributed by atoms with E-state index in [1.165, 1.54) is 28.4 Å². The zero-order chi connectivity index (χ0) is 28.5. The van der Waals surface area contributed by atoms with E-state index < -0.39 is 29.3 Å². The molecule has 3 aromatic rings.